The van der Waals surface area contributed by atoms with Gasteiger partial charge in [-0.05, 0) is 26.7 Å². The van der Waals surface area contributed by atoms with Crippen LogP contribution < -0.4 is 5.73 Å². The summed E-state index contributed by atoms with van der Waals surface area (Å²) >= 11 is 1.32. The van der Waals surface area contributed by atoms with Gasteiger partial charge in [-0.25, -0.2) is 0 Å². The van der Waals surface area contributed by atoms with E-state index in [0.717, 1.165) is 18.7 Å². The van der Waals surface area contributed by atoms with E-state index >= 15 is 0 Å². The van der Waals surface area contributed by atoms with Crippen LogP contribution in [0, 0.1) is 0 Å². The Morgan fingerprint density at radius 1 is 1.43 bits per heavy atom. The lowest BCUT2D eigenvalue weighted by Crippen LogP contribution is -2.14. The fourth-order valence-electron chi connectivity index (χ4n) is 1.93. The van der Waals surface area contributed by atoms with Gasteiger partial charge in [-0.15, -0.1) is 10.2 Å². The molecular formula is C13H20N4O3S. The highest BCUT2D eigenvalue weighted by Gasteiger charge is 2.29. The van der Waals surface area contributed by atoms with Gasteiger partial charge in [-0.2, -0.15) is 0 Å². The number of nitrogens with zero attached hydrogens (tertiary/aromatic N) is 3. The number of nitrogens with two attached hydrogens (primary N) is 1. The molecule has 1 aliphatic carbocycles. The number of hydrogen-bond acceptors (Lipinski definition) is 6. The van der Waals surface area contributed by atoms with Gasteiger partial charge in [0.1, 0.15) is 5.82 Å². The first-order valence-corrected chi connectivity index (χ1v) is 8.00. The highest BCUT2D eigenvalue weighted by atomic mass is 32.2. The molecule has 21 heavy (non-hydrogen) atoms. The molecule has 0 spiro atoms. The van der Waals surface area contributed by atoms with E-state index in [2.05, 4.69) is 10.2 Å². The van der Waals surface area contributed by atoms with E-state index in [1.807, 2.05) is 18.4 Å². The van der Waals surface area contributed by atoms with Crippen molar-refractivity contribution in [2.45, 2.75) is 56.8 Å². The first-order valence-electron chi connectivity index (χ1n) is 7.01. The summed E-state index contributed by atoms with van der Waals surface area (Å²) in [6.45, 7) is 3.63. The number of thioether (sulfide) groups is 1. The number of carbonyl (C=O) groups excluding carboxylic acids is 2. The molecule has 1 aliphatic rings. The van der Waals surface area contributed by atoms with Gasteiger partial charge in [-0.1, -0.05) is 11.8 Å². The van der Waals surface area contributed by atoms with Gasteiger partial charge in [0.25, 0.3) is 0 Å². The van der Waals surface area contributed by atoms with E-state index in [4.69, 9.17) is 10.5 Å². The number of rotatable bonds is 8. The first kappa shape index (κ1) is 15.8. The molecule has 7 nitrogen and oxygen atoms in total. The lowest BCUT2D eigenvalue weighted by Gasteiger charge is -2.09. The van der Waals surface area contributed by atoms with E-state index < -0.39 is 0 Å². The number of amides is 1. The molecule has 2 rings (SSSR count). The van der Waals surface area contributed by atoms with E-state index in [1.165, 1.54) is 11.8 Å². The van der Waals surface area contributed by atoms with Crippen LogP contribution in [0.1, 0.15) is 45.0 Å². The second-order valence-electron chi connectivity index (χ2n) is 5.29. The number of ether oxygens (including phenoxy) is 1. The zero-order chi connectivity index (χ0) is 15.4. The third kappa shape index (κ3) is 4.73. The van der Waals surface area contributed by atoms with Crippen LogP contribution in [0.25, 0.3) is 0 Å². The van der Waals surface area contributed by atoms with Gasteiger partial charge < -0.3 is 15.0 Å². The number of carbonyl (C=O) groups is 2. The van der Waals surface area contributed by atoms with Crippen LogP contribution in [0.3, 0.4) is 0 Å². The normalized spacial score (nSPS) is 14.4. The van der Waals surface area contributed by atoms with Gasteiger partial charge in [-0.3, -0.25) is 9.59 Å². The number of primary amides is 1. The van der Waals surface area contributed by atoms with Crippen LogP contribution in [-0.2, 0) is 20.7 Å². The second kappa shape index (κ2) is 6.93. The Hall–Kier alpha value is -1.57. The number of hydrogen-bond donors (Lipinski definition) is 1. The molecule has 116 valence electrons. The minimum atomic E-state index is -0.352. The highest BCUT2D eigenvalue weighted by Crippen LogP contribution is 2.38. The molecule has 1 amide bonds. The summed E-state index contributed by atoms with van der Waals surface area (Å²) in [7, 11) is 0. The Morgan fingerprint density at radius 2 is 2.14 bits per heavy atom. The molecule has 1 saturated carbocycles. The maximum absolute atomic E-state index is 11.6. The largest absolute Gasteiger partial charge is 0.462 e. The molecule has 8 heteroatoms. The van der Waals surface area contributed by atoms with Crippen LogP contribution in [0.4, 0.5) is 0 Å². The van der Waals surface area contributed by atoms with Crippen molar-refractivity contribution < 1.29 is 14.3 Å². The van der Waals surface area contributed by atoms with E-state index in [9.17, 15) is 9.59 Å². The summed E-state index contributed by atoms with van der Waals surface area (Å²) < 4.78 is 7.12. The second-order valence-corrected chi connectivity index (χ2v) is 6.24. The van der Waals surface area contributed by atoms with Crippen molar-refractivity contribution in [1.29, 1.82) is 0 Å². The van der Waals surface area contributed by atoms with Crippen molar-refractivity contribution in [2.75, 3.05) is 5.75 Å². The fourth-order valence-corrected chi connectivity index (χ4v) is 2.74. The van der Waals surface area contributed by atoms with Gasteiger partial charge in [0.15, 0.2) is 5.16 Å². The molecule has 1 aromatic rings. The van der Waals surface area contributed by atoms with Crippen molar-refractivity contribution in [1.82, 2.24) is 14.8 Å². The van der Waals surface area contributed by atoms with Crippen molar-refractivity contribution in [3.8, 4) is 0 Å². The zero-order valence-corrected chi connectivity index (χ0v) is 13.1. The standard InChI is InChI=1S/C13H20N4O3S/c1-8(2)20-12(19)7-21-13-16-15-11(6-5-10(14)18)17(13)9-3-4-9/h8-9H,3-7H2,1-2H3,(H2,14,18). The lowest BCUT2D eigenvalue weighted by atomic mass is 10.3. The molecule has 0 unspecified atom stereocenters. The summed E-state index contributed by atoms with van der Waals surface area (Å²) in [6.07, 6.45) is 2.77. The maximum atomic E-state index is 11.6. The third-order valence-corrected chi connectivity index (χ3v) is 3.85. The molecule has 0 saturated heterocycles. The average molecular weight is 312 g/mol. The minimum Gasteiger partial charge on any atom is -0.462 e. The van der Waals surface area contributed by atoms with E-state index in [0.29, 0.717) is 17.6 Å². The van der Waals surface area contributed by atoms with Crippen LogP contribution in [0.5, 0.6) is 0 Å². The fraction of sp³-hybridized carbons (Fsp3) is 0.692. The minimum absolute atomic E-state index is 0.120. The van der Waals surface area contributed by atoms with E-state index in [-0.39, 0.29) is 30.2 Å². The van der Waals surface area contributed by atoms with Gasteiger partial charge in [0.2, 0.25) is 5.91 Å². The molecule has 0 atom stereocenters. The zero-order valence-electron chi connectivity index (χ0n) is 12.2. The number of esters is 1. The molecule has 2 N–H and O–H groups in total. The molecule has 1 heterocycles. The first-order chi connectivity index (χ1) is 9.97. The monoisotopic (exact) mass is 312 g/mol. The summed E-state index contributed by atoms with van der Waals surface area (Å²) in [4.78, 5) is 22.5. The average Bonchev–Trinajstić information content (AvgIpc) is 3.14. The summed E-state index contributed by atoms with van der Waals surface area (Å²) in [6, 6.07) is 0.381. The number of aromatic nitrogens is 3. The molecule has 0 bridgehead atoms. The lowest BCUT2D eigenvalue weighted by molar-refractivity contribution is -0.144. The maximum Gasteiger partial charge on any atom is 0.316 e. The highest BCUT2D eigenvalue weighted by molar-refractivity contribution is 7.99. The summed E-state index contributed by atoms with van der Waals surface area (Å²) in [5, 5.41) is 8.95. The quantitative estimate of drug-likeness (QED) is 0.569. The molecule has 0 aliphatic heterocycles. The van der Waals surface area contributed by atoms with Crippen molar-refractivity contribution in [2.24, 2.45) is 5.73 Å². The molecular weight excluding hydrogens is 292 g/mol. The number of aryl methyl sites for hydroxylation is 1. The van der Waals surface area contributed by atoms with Crippen molar-refractivity contribution in [3.05, 3.63) is 5.82 Å². The molecule has 0 aromatic carbocycles. The SMILES string of the molecule is CC(C)OC(=O)CSc1nnc(CCC(N)=O)n1C1CC1. The van der Waals surface area contributed by atoms with Crippen molar-refractivity contribution in [3.63, 3.8) is 0 Å². The van der Waals surface area contributed by atoms with Crippen LogP contribution in [0.15, 0.2) is 5.16 Å². The molecule has 1 fully saturated rings. The van der Waals surface area contributed by atoms with Crippen LogP contribution in [-0.4, -0.2) is 38.5 Å². The smallest absolute Gasteiger partial charge is 0.316 e. The topological polar surface area (TPSA) is 100 Å². The van der Waals surface area contributed by atoms with Gasteiger partial charge in [0, 0.05) is 18.9 Å². The Kier molecular flexibility index (Phi) is 5.22. The van der Waals surface area contributed by atoms with Crippen molar-refractivity contribution >= 4 is 23.6 Å². The van der Waals surface area contributed by atoms with E-state index in [1.54, 1.807) is 0 Å². The van der Waals surface area contributed by atoms with Gasteiger partial charge in [0.05, 0.1) is 11.9 Å². The Labute approximate surface area is 127 Å². The Morgan fingerprint density at radius 3 is 2.71 bits per heavy atom. The Balaban J connectivity index is 1.99. The van der Waals surface area contributed by atoms with Gasteiger partial charge >= 0.3 is 5.97 Å². The Bertz CT molecular complexity index is 525. The molecule has 0 radical (unpaired) electrons. The third-order valence-electron chi connectivity index (χ3n) is 2.93. The predicted molar refractivity (Wildman–Crippen MR) is 77.8 cm³/mol. The molecule has 1 aromatic heterocycles. The summed E-state index contributed by atoms with van der Waals surface area (Å²) in [5.74, 6) is 0.351. The summed E-state index contributed by atoms with van der Waals surface area (Å²) in [5.41, 5.74) is 5.17. The van der Waals surface area contributed by atoms with Crippen LogP contribution in [0.2, 0.25) is 0 Å². The van der Waals surface area contributed by atoms with Crippen LogP contribution >= 0.6 is 11.8 Å². The predicted octanol–water partition coefficient (Wildman–Crippen LogP) is 1.07.